The van der Waals surface area contributed by atoms with Crippen molar-refractivity contribution in [3.8, 4) is 0 Å². The molecule has 2 amide bonds. The van der Waals surface area contributed by atoms with E-state index in [-0.39, 0.29) is 29.2 Å². The van der Waals surface area contributed by atoms with Crippen LogP contribution in [0.2, 0.25) is 10.0 Å². The largest absolute Gasteiger partial charge is 0.352 e. The lowest BCUT2D eigenvalue weighted by Gasteiger charge is -2.32. The molecule has 0 unspecified atom stereocenters. The second-order valence-corrected chi connectivity index (χ2v) is 10.8. The van der Waals surface area contributed by atoms with Crippen molar-refractivity contribution in [2.75, 3.05) is 17.1 Å². The zero-order valence-electron chi connectivity index (χ0n) is 19.4. The standard InChI is InChI=1S/C23H28Cl2FN3O4S/c1-5-15(2)27-23(31)16(3)28(13-17-6-9-19(26)10-7-17)22(30)14-29(34(4,32)33)21-11-8-18(24)12-20(21)25/h6-12,15-16H,5,13-14H2,1-4H3,(H,27,31)/t15-,16+/m0/s1. The van der Waals surface area contributed by atoms with E-state index in [2.05, 4.69) is 5.32 Å². The van der Waals surface area contributed by atoms with Gasteiger partial charge in [0.25, 0.3) is 0 Å². The van der Waals surface area contributed by atoms with E-state index in [1.54, 1.807) is 6.92 Å². The van der Waals surface area contributed by atoms with Crippen LogP contribution in [0.25, 0.3) is 0 Å². The Kier molecular flexibility index (Phi) is 9.73. The minimum absolute atomic E-state index is 0.0276. The molecule has 1 N–H and O–H groups in total. The number of amides is 2. The molecule has 2 aromatic rings. The third-order valence-electron chi connectivity index (χ3n) is 5.29. The molecular formula is C23H28Cl2FN3O4S. The maximum atomic E-state index is 13.4. The highest BCUT2D eigenvalue weighted by Crippen LogP contribution is 2.30. The number of hydrogen-bond acceptors (Lipinski definition) is 4. The van der Waals surface area contributed by atoms with Gasteiger partial charge in [-0.05, 0) is 56.2 Å². The van der Waals surface area contributed by atoms with Gasteiger partial charge in [0.05, 0.1) is 17.0 Å². The summed E-state index contributed by atoms with van der Waals surface area (Å²) in [5.74, 6) is -1.46. The van der Waals surface area contributed by atoms with Gasteiger partial charge in [0, 0.05) is 17.6 Å². The maximum Gasteiger partial charge on any atom is 0.244 e. The minimum Gasteiger partial charge on any atom is -0.352 e. The molecule has 0 radical (unpaired) electrons. The summed E-state index contributed by atoms with van der Waals surface area (Å²) in [6, 6.07) is 8.70. The van der Waals surface area contributed by atoms with Gasteiger partial charge in [0.15, 0.2) is 0 Å². The molecule has 0 heterocycles. The van der Waals surface area contributed by atoms with Crippen molar-refractivity contribution in [1.29, 1.82) is 0 Å². The van der Waals surface area contributed by atoms with Gasteiger partial charge >= 0.3 is 0 Å². The summed E-state index contributed by atoms with van der Waals surface area (Å²) in [4.78, 5) is 27.5. The van der Waals surface area contributed by atoms with Crippen LogP contribution >= 0.6 is 23.2 Å². The van der Waals surface area contributed by atoms with E-state index in [0.29, 0.717) is 17.0 Å². The molecular weight excluding hydrogens is 504 g/mol. The molecule has 0 aliphatic rings. The molecule has 2 aromatic carbocycles. The third kappa shape index (κ3) is 7.58. The predicted octanol–water partition coefficient (Wildman–Crippen LogP) is 4.23. The molecule has 0 fully saturated rings. The van der Waals surface area contributed by atoms with Crippen LogP contribution in [0.3, 0.4) is 0 Å². The smallest absolute Gasteiger partial charge is 0.244 e. The van der Waals surface area contributed by atoms with Gasteiger partial charge in [-0.25, -0.2) is 12.8 Å². The lowest BCUT2D eigenvalue weighted by molar-refractivity contribution is -0.139. The van der Waals surface area contributed by atoms with Crippen molar-refractivity contribution in [2.24, 2.45) is 0 Å². The number of carbonyl (C=O) groups excluding carboxylic acids is 2. The highest BCUT2D eigenvalue weighted by atomic mass is 35.5. The first kappa shape index (κ1) is 27.9. The summed E-state index contributed by atoms with van der Waals surface area (Å²) in [6.07, 6.45) is 1.65. The lowest BCUT2D eigenvalue weighted by Crippen LogP contribution is -2.52. The van der Waals surface area contributed by atoms with Crippen molar-refractivity contribution in [3.05, 3.63) is 63.9 Å². The number of nitrogens with one attached hydrogen (secondary N) is 1. The highest BCUT2D eigenvalue weighted by Gasteiger charge is 2.31. The van der Waals surface area contributed by atoms with Gasteiger partial charge in [-0.3, -0.25) is 13.9 Å². The summed E-state index contributed by atoms with van der Waals surface area (Å²) in [7, 11) is -3.92. The van der Waals surface area contributed by atoms with Gasteiger partial charge in [0.1, 0.15) is 18.4 Å². The van der Waals surface area contributed by atoms with E-state index in [9.17, 15) is 22.4 Å². The Labute approximate surface area is 209 Å². The van der Waals surface area contributed by atoms with Crippen molar-refractivity contribution < 1.29 is 22.4 Å². The number of halogens is 3. The van der Waals surface area contributed by atoms with E-state index < -0.39 is 34.3 Å². The first-order chi connectivity index (χ1) is 15.8. The molecule has 2 atom stereocenters. The Bertz CT molecular complexity index is 1130. The van der Waals surface area contributed by atoms with Crippen LogP contribution in [0.15, 0.2) is 42.5 Å². The number of anilines is 1. The zero-order valence-corrected chi connectivity index (χ0v) is 21.7. The Balaban J connectivity index is 2.41. The molecule has 2 rings (SSSR count). The first-order valence-electron chi connectivity index (χ1n) is 10.6. The second kappa shape index (κ2) is 11.9. The molecule has 0 aliphatic heterocycles. The Hall–Kier alpha value is -2.36. The quantitative estimate of drug-likeness (QED) is 0.496. The molecule has 34 heavy (non-hydrogen) atoms. The van der Waals surface area contributed by atoms with Gasteiger partial charge in [-0.2, -0.15) is 0 Å². The molecule has 0 saturated carbocycles. The molecule has 0 aliphatic carbocycles. The SMILES string of the molecule is CC[C@H](C)NC(=O)[C@@H](C)N(Cc1ccc(F)cc1)C(=O)CN(c1ccc(Cl)cc1Cl)S(C)(=O)=O. The fourth-order valence-corrected chi connectivity index (χ4v) is 4.54. The van der Waals surface area contributed by atoms with Crippen LogP contribution in [-0.4, -0.2) is 50.0 Å². The monoisotopic (exact) mass is 531 g/mol. The molecule has 0 saturated heterocycles. The maximum absolute atomic E-state index is 13.4. The van der Waals surface area contributed by atoms with Crippen LogP contribution in [0.1, 0.15) is 32.8 Å². The fourth-order valence-electron chi connectivity index (χ4n) is 3.11. The van der Waals surface area contributed by atoms with Gasteiger partial charge in [-0.1, -0.05) is 42.3 Å². The Morgan fingerprint density at radius 3 is 2.24 bits per heavy atom. The van der Waals surface area contributed by atoms with Crippen LogP contribution in [0.4, 0.5) is 10.1 Å². The summed E-state index contributed by atoms with van der Waals surface area (Å²) in [6.45, 7) is 4.68. The number of rotatable bonds is 10. The molecule has 11 heteroatoms. The molecule has 7 nitrogen and oxygen atoms in total. The lowest BCUT2D eigenvalue weighted by atomic mass is 10.1. The summed E-state index contributed by atoms with van der Waals surface area (Å²) in [5, 5.41) is 3.19. The first-order valence-corrected chi connectivity index (χ1v) is 13.2. The number of nitrogens with zero attached hydrogens (tertiary/aromatic N) is 2. The van der Waals surface area contributed by atoms with Crippen LogP contribution in [0, 0.1) is 5.82 Å². The summed E-state index contributed by atoms with van der Waals surface area (Å²) >= 11 is 12.1. The van der Waals surface area contributed by atoms with Crippen LogP contribution in [0.5, 0.6) is 0 Å². The van der Waals surface area contributed by atoms with E-state index >= 15 is 0 Å². The normalized spacial score (nSPS) is 13.1. The third-order valence-corrected chi connectivity index (χ3v) is 6.96. The number of sulfonamides is 1. The average Bonchev–Trinajstić information content (AvgIpc) is 2.76. The molecule has 0 aromatic heterocycles. The number of benzene rings is 2. The van der Waals surface area contributed by atoms with Gasteiger partial charge in [-0.15, -0.1) is 0 Å². The van der Waals surface area contributed by atoms with Crippen molar-refractivity contribution in [2.45, 2.75) is 45.8 Å². The topological polar surface area (TPSA) is 86.8 Å². The van der Waals surface area contributed by atoms with E-state index in [1.807, 2.05) is 13.8 Å². The highest BCUT2D eigenvalue weighted by molar-refractivity contribution is 7.92. The van der Waals surface area contributed by atoms with Gasteiger partial charge in [0.2, 0.25) is 21.8 Å². The van der Waals surface area contributed by atoms with E-state index in [4.69, 9.17) is 23.2 Å². The van der Waals surface area contributed by atoms with Crippen LogP contribution < -0.4 is 9.62 Å². The van der Waals surface area contributed by atoms with E-state index in [1.165, 1.54) is 47.4 Å². The second-order valence-electron chi connectivity index (χ2n) is 8.01. The van der Waals surface area contributed by atoms with E-state index in [0.717, 1.165) is 10.6 Å². The van der Waals surface area contributed by atoms with Gasteiger partial charge < -0.3 is 10.2 Å². The summed E-state index contributed by atoms with van der Waals surface area (Å²) < 4.78 is 39.3. The van der Waals surface area contributed by atoms with Crippen molar-refractivity contribution in [3.63, 3.8) is 0 Å². The molecule has 0 bridgehead atoms. The zero-order chi connectivity index (χ0) is 25.6. The molecule has 186 valence electrons. The average molecular weight is 532 g/mol. The number of hydrogen-bond donors (Lipinski definition) is 1. The van der Waals surface area contributed by atoms with Crippen molar-refractivity contribution >= 4 is 50.7 Å². The predicted molar refractivity (Wildman–Crippen MR) is 133 cm³/mol. The molecule has 0 spiro atoms. The van der Waals surface area contributed by atoms with Crippen LogP contribution in [-0.2, 0) is 26.2 Å². The summed E-state index contributed by atoms with van der Waals surface area (Å²) in [5.41, 5.74) is 0.661. The fraction of sp³-hybridized carbons (Fsp3) is 0.391. The number of carbonyl (C=O) groups is 2. The Morgan fingerprint density at radius 2 is 1.71 bits per heavy atom. The Morgan fingerprint density at radius 1 is 1.09 bits per heavy atom. The van der Waals surface area contributed by atoms with Crippen molar-refractivity contribution in [1.82, 2.24) is 10.2 Å². The minimum atomic E-state index is -3.92.